The van der Waals surface area contributed by atoms with Gasteiger partial charge in [-0.15, -0.1) is 0 Å². The molecule has 7 heteroatoms. The fourth-order valence-electron chi connectivity index (χ4n) is 4.31. The molecule has 0 radical (unpaired) electrons. The third-order valence-electron chi connectivity index (χ3n) is 5.86. The van der Waals surface area contributed by atoms with E-state index in [1.165, 1.54) is 0 Å². The standard InChI is InChI=1S/C23H30N2O5/c1-4-16-9-7-8-12-24(16)20(26)14-30-23(29)19(13-15(2)3)25-21(27)17-10-5-6-11-18(17)22(25)28/h5-6,10-11,15-16,19H,4,7-9,12-14H2,1-3H3. The van der Waals surface area contributed by atoms with Gasteiger partial charge in [-0.3, -0.25) is 19.3 Å². The van der Waals surface area contributed by atoms with Crippen LogP contribution in [0, 0.1) is 5.92 Å². The van der Waals surface area contributed by atoms with Gasteiger partial charge in [0.15, 0.2) is 6.61 Å². The normalized spacial score (nSPS) is 19.8. The number of imide groups is 1. The zero-order valence-corrected chi connectivity index (χ0v) is 17.9. The molecule has 2 aliphatic heterocycles. The summed E-state index contributed by atoms with van der Waals surface area (Å²) in [6, 6.07) is 5.66. The van der Waals surface area contributed by atoms with Gasteiger partial charge in [-0.05, 0) is 50.2 Å². The molecule has 1 fully saturated rings. The van der Waals surface area contributed by atoms with Crippen LogP contribution in [0.5, 0.6) is 0 Å². The van der Waals surface area contributed by atoms with E-state index >= 15 is 0 Å². The molecule has 2 atom stereocenters. The minimum atomic E-state index is -1.05. The number of nitrogens with zero attached hydrogens (tertiary/aromatic N) is 2. The predicted molar refractivity (Wildman–Crippen MR) is 111 cm³/mol. The molecule has 0 N–H and O–H groups in total. The number of hydrogen-bond acceptors (Lipinski definition) is 5. The van der Waals surface area contributed by atoms with Crippen LogP contribution >= 0.6 is 0 Å². The average molecular weight is 415 g/mol. The lowest BCUT2D eigenvalue weighted by Gasteiger charge is -2.35. The Morgan fingerprint density at radius 1 is 1.10 bits per heavy atom. The highest BCUT2D eigenvalue weighted by atomic mass is 16.5. The average Bonchev–Trinajstić information content (AvgIpc) is 3.00. The van der Waals surface area contributed by atoms with Crippen molar-refractivity contribution in [3.8, 4) is 0 Å². The maximum atomic E-state index is 12.9. The van der Waals surface area contributed by atoms with Crippen molar-refractivity contribution in [1.29, 1.82) is 0 Å². The lowest BCUT2D eigenvalue weighted by Crippen LogP contribution is -2.48. The van der Waals surface area contributed by atoms with Crippen molar-refractivity contribution in [2.45, 2.75) is 65.0 Å². The molecule has 0 aromatic heterocycles. The first-order chi connectivity index (χ1) is 14.3. The van der Waals surface area contributed by atoms with Crippen LogP contribution < -0.4 is 0 Å². The molecule has 2 unspecified atom stereocenters. The molecule has 0 spiro atoms. The molecular formula is C23H30N2O5. The van der Waals surface area contributed by atoms with Crippen LogP contribution in [0.4, 0.5) is 0 Å². The molecule has 3 amide bonds. The zero-order chi connectivity index (χ0) is 21.8. The van der Waals surface area contributed by atoms with Crippen molar-refractivity contribution in [2.24, 2.45) is 5.92 Å². The number of carbonyl (C=O) groups is 4. The Balaban J connectivity index is 1.71. The molecule has 3 rings (SSSR count). The lowest BCUT2D eigenvalue weighted by molar-refractivity contribution is -0.157. The van der Waals surface area contributed by atoms with Crippen molar-refractivity contribution in [2.75, 3.05) is 13.2 Å². The Morgan fingerprint density at radius 3 is 2.30 bits per heavy atom. The highest BCUT2D eigenvalue weighted by Gasteiger charge is 2.43. The number of fused-ring (bicyclic) bond motifs is 1. The summed E-state index contributed by atoms with van der Waals surface area (Å²) in [7, 11) is 0. The summed E-state index contributed by atoms with van der Waals surface area (Å²) in [5.41, 5.74) is 0.582. The van der Waals surface area contributed by atoms with Gasteiger partial charge in [-0.2, -0.15) is 0 Å². The maximum Gasteiger partial charge on any atom is 0.329 e. The summed E-state index contributed by atoms with van der Waals surface area (Å²) in [5, 5.41) is 0. The van der Waals surface area contributed by atoms with Crippen molar-refractivity contribution in [1.82, 2.24) is 9.80 Å². The van der Waals surface area contributed by atoms with Gasteiger partial charge >= 0.3 is 5.97 Å². The van der Waals surface area contributed by atoms with E-state index in [1.807, 2.05) is 20.8 Å². The van der Waals surface area contributed by atoms with Crippen LogP contribution in [0.15, 0.2) is 24.3 Å². The summed E-state index contributed by atoms with van der Waals surface area (Å²) in [6.07, 6.45) is 4.14. The number of rotatable bonds is 7. The van der Waals surface area contributed by atoms with E-state index in [9.17, 15) is 19.2 Å². The van der Waals surface area contributed by atoms with Gasteiger partial charge in [0.05, 0.1) is 11.1 Å². The van der Waals surface area contributed by atoms with Crippen LogP contribution in [-0.4, -0.2) is 58.7 Å². The molecule has 0 aliphatic carbocycles. The molecule has 0 bridgehead atoms. The molecule has 1 aromatic rings. The Bertz CT molecular complexity index is 800. The third kappa shape index (κ3) is 4.40. The van der Waals surface area contributed by atoms with E-state index in [0.717, 1.165) is 30.6 Å². The van der Waals surface area contributed by atoms with E-state index < -0.39 is 23.8 Å². The predicted octanol–water partition coefficient (Wildman–Crippen LogP) is 3.03. The van der Waals surface area contributed by atoms with Crippen LogP contribution in [0.2, 0.25) is 0 Å². The molecule has 2 heterocycles. The summed E-state index contributed by atoms with van der Waals surface area (Å²) < 4.78 is 5.34. The largest absolute Gasteiger partial charge is 0.454 e. The van der Waals surface area contributed by atoms with Gasteiger partial charge in [0, 0.05) is 12.6 Å². The van der Waals surface area contributed by atoms with Crippen LogP contribution in [-0.2, 0) is 14.3 Å². The van der Waals surface area contributed by atoms with Crippen molar-refractivity contribution in [3.05, 3.63) is 35.4 Å². The fourth-order valence-corrected chi connectivity index (χ4v) is 4.31. The maximum absolute atomic E-state index is 12.9. The number of piperidine rings is 1. The molecule has 1 aromatic carbocycles. The van der Waals surface area contributed by atoms with E-state index in [2.05, 4.69) is 0 Å². The molecule has 0 saturated carbocycles. The second-order valence-electron chi connectivity index (χ2n) is 8.42. The molecule has 7 nitrogen and oxygen atoms in total. The number of esters is 1. The first-order valence-corrected chi connectivity index (χ1v) is 10.8. The summed E-state index contributed by atoms with van der Waals surface area (Å²) in [4.78, 5) is 54.0. The van der Waals surface area contributed by atoms with Gasteiger partial charge in [-0.25, -0.2) is 4.79 Å². The van der Waals surface area contributed by atoms with Gasteiger partial charge in [0.2, 0.25) is 0 Å². The van der Waals surface area contributed by atoms with Crippen molar-refractivity contribution < 1.29 is 23.9 Å². The minimum Gasteiger partial charge on any atom is -0.454 e. The third-order valence-corrected chi connectivity index (χ3v) is 5.86. The summed E-state index contributed by atoms with van der Waals surface area (Å²) in [6.45, 7) is 6.16. The van der Waals surface area contributed by atoms with Crippen LogP contribution in [0.3, 0.4) is 0 Å². The first kappa shape index (κ1) is 22.0. The first-order valence-electron chi connectivity index (χ1n) is 10.8. The molecular weight excluding hydrogens is 384 g/mol. The molecule has 30 heavy (non-hydrogen) atoms. The topological polar surface area (TPSA) is 84.0 Å². The number of hydrogen-bond donors (Lipinski definition) is 0. The van der Waals surface area contributed by atoms with E-state index in [-0.39, 0.29) is 30.9 Å². The highest BCUT2D eigenvalue weighted by Crippen LogP contribution is 2.27. The molecule has 162 valence electrons. The zero-order valence-electron chi connectivity index (χ0n) is 17.9. The second kappa shape index (κ2) is 9.41. The Labute approximate surface area is 177 Å². The SMILES string of the molecule is CCC1CCCCN1C(=O)COC(=O)C(CC(C)C)N1C(=O)c2ccccc2C1=O. The number of amides is 3. The van der Waals surface area contributed by atoms with Gasteiger partial charge in [0.1, 0.15) is 6.04 Å². The van der Waals surface area contributed by atoms with Crippen LogP contribution in [0.25, 0.3) is 0 Å². The second-order valence-corrected chi connectivity index (χ2v) is 8.42. The minimum absolute atomic E-state index is 0.0501. The molecule has 2 aliphatic rings. The number of likely N-dealkylation sites (tertiary alicyclic amines) is 1. The summed E-state index contributed by atoms with van der Waals surface area (Å²) in [5.74, 6) is -1.87. The Hall–Kier alpha value is -2.70. The van der Waals surface area contributed by atoms with Gasteiger partial charge in [-0.1, -0.05) is 32.9 Å². The number of benzene rings is 1. The smallest absolute Gasteiger partial charge is 0.329 e. The van der Waals surface area contributed by atoms with Crippen LogP contribution in [0.1, 0.15) is 73.6 Å². The quantitative estimate of drug-likeness (QED) is 0.506. The Kier molecular flexibility index (Phi) is 6.90. The van der Waals surface area contributed by atoms with E-state index in [1.54, 1.807) is 29.2 Å². The molecule has 1 saturated heterocycles. The monoisotopic (exact) mass is 414 g/mol. The van der Waals surface area contributed by atoms with E-state index in [0.29, 0.717) is 17.7 Å². The number of carbonyl (C=O) groups excluding carboxylic acids is 4. The van der Waals surface area contributed by atoms with Crippen molar-refractivity contribution >= 4 is 23.7 Å². The number of ether oxygens (including phenoxy) is 1. The van der Waals surface area contributed by atoms with Gasteiger partial charge < -0.3 is 9.64 Å². The summed E-state index contributed by atoms with van der Waals surface area (Å²) >= 11 is 0. The fraction of sp³-hybridized carbons (Fsp3) is 0.565. The van der Waals surface area contributed by atoms with E-state index in [4.69, 9.17) is 4.74 Å². The highest BCUT2D eigenvalue weighted by molar-refractivity contribution is 6.22. The van der Waals surface area contributed by atoms with Gasteiger partial charge in [0.25, 0.3) is 17.7 Å². The Morgan fingerprint density at radius 2 is 1.73 bits per heavy atom. The lowest BCUT2D eigenvalue weighted by atomic mass is 10.00. The van der Waals surface area contributed by atoms with Crippen molar-refractivity contribution in [3.63, 3.8) is 0 Å².